The molecule has 0 saturated heterocycles. The summed E-state index contributed by atoms with van der Waals surface area (Å²) in [6.45, 7) is 5.09. The molecule has 2 aromatic rings. The molecule has 30 heavy (non-hydrogen) atoms. The van der Waals surface area contributed by atoms with Crippen LogP contribution in [0.25, 0.3) is 12.2 Å². The molecule has 1 aliphatic carbocycles. The van der Waals surface area contributed by atoms with E-state index in [9.17, 15) is 14.4 Å². The Balaban J connectivity index is 1.80. The van der Waals surface area contributed by atoms with Crippen molar-refractivity contribution in [3.8, 4) is 0 Å². The Morgan fingerprint density at radius 1 is 0.767 bits per heavy atom. The summed E-state index contributed by atoms with van der Waals surface area (Å²) in [6.07, 6.45) is 5.35. The number of hydrogen-bond donors (Lipinski definition) is 2. The Hall–Kier alpha value is -3.47. The van der Waals surface area contributed by atoms with Crippen molar-refractivity contribution < 1.29 is 14.4 Å². The molecule has 3 rings (SSSR count). The summed E-state index contributed by atoms with van der Waals surface area (Å²) in [5.41, 5.74) is 4.91. The molecule has 1 aliphatic rings. The van der Waals surface area contributed by atoms with Crippen LogP contribution in [0.5, 0.6) is 0 Å². The van der Waals surface area contributed by atoms with Gasteiger partial charge in [-0.05, 0) is 66.3 Å². The van der Waals surface area contributed by atoms with Gasteiger partial charge >= 0.3 is 0 Å². The van der Waals surface area contributed by atoms with E-state index in [1.807, 2.05) is 60.7 Å². The van der Waals surface area contributed by atoms with Gasteiger partial charge in [-0.1, -0.05) is 31.2 Å². The number of hydrogen-bond acceptors (Lipinski definition) is 3. The van der Waals surface area contributed by atoms with Crippen molar-refractivity contribution in [2.75, 3.05) is 10.6 Å². The minimum Gasteiger partial charge on any atom is -0.326 e. The third-order valence-corrected chi connectivity index (χ3v) is 4.86. The lowest BCUT2D eigenvalue weighted by Gasteiger charge is -2.22. The Labute approximate surface area is 176 Å². The topological polar surface area (TPSA) is 75.3 Å². The first-order valence-electron chi connectivity index (χ1n) is 10.0. The monoisotopic (exact) mass is 402 g/mol. The third-order valence-electron chi connectivity index (χ3n) is 4.86. The fraction of sp³-hybridized carbons (Fsp3) is 0.240. The summed E-state index contributed by atoms with van der Waals surface area (Å²) in [4.78, 5) is 35.4. The van der Waals surface area contributed by atoms with E-state index >= 15 is 0 Å². The Morgan fingerprint density at radius 3 is 1.47 bits per heavy atom. The lowest BCUT2D eigenvalue weighted by molar-refractivity contribution is -0.115. The maximum atomic E-state index is 13.1. The average molecular weight is 402 g/mol. The molecule has 0 atom stereocenters. The van der Waals surface area contributed by atoms with Crippen LogP contribution in [-0.4, -0.2) is 17.6 Å². The minimum atomic E-state index is -0.114. The van der Waals surface area contributed by atoms with Gasteiger partial charge in [0.2, 0.25) is 11.8 Å². The van der Waals surface area contributed by atoms with Crippen LogP contribution in [0.4, 0.5) is 11.4 Å². The van der Waals surface area contributed by atoms with Gasteiger partial charge in [-0.2, -0.15) is 0 Å². The van der Waals surface area contributed by atoms with Crippen LogP contribution in [0.1, 0.15) is 44.7 Å². The maximum absolute atomic E-state index is 13.1. The number of nitrogens with one attached hydrogen (secondary N) is 2. The molecule has 0 aromatic heterocycles. The molecule has 1 saturated carbocycles. The molecule has 0 unspecified atom stereocenters. The van der Waals surface area contributed by atoms with Gasteiger partial charge in [0.25, 0.3) is 0 Å². The Bertz CT molecular complexity index is 934. The second-order valence-electron chi connectivity index (χ2n) is 7.79. The number of anilines is 2. The highest BCUT2D eigenvalue weighted by Crippen LogP contribution is 2.32. The molecule has 5 heteroatoms. The van der Waals surface area contributed by atoms with Crippen molar-refractivity contribution in [2.24, 2.45) is 5.92 Å². The largest absolute Gasteiger partial charge is 0.326 e. The molecule has 1 fully saturated rings. The molecule has 2 N–H and O–H groups in total. The number of allylic oxidation sites excluding steroid dienone is 2. The standard InChI is InChI=1S/C25H26N2O3/c1-16-12-21(14-19-4-8-23(9-5-19)26-17(2)28)25(30)22(13-16)15-20-6-10-24(11-7-20)27-18(3)29/h4-11,14-16H,12-13H2,1-3H3,(H,26,28)(H,27,29)/b21-14+,22-15+. The first-order chi connectivity index (χ1) is 14.3. The summed E-state index contributed by atoms with van der Waals surface area (Å²) in [5, 5.41) is 5.48. The summed E-state index contributed by atoms with van der Waals surface area (Å²) in [7, 11) is 0. The first kappa shape index (κ1) is 21.2. The van der Waals surface area contributed by atoms with E-state index < -0.39 is 0 Å². The normalized spacial score (nSPS) is 19.0. The molecule has 0 bridgehead atoms. The van der Waals surface area contributed by atoms with Gasteiger partial charge in [-0.3, -0.25) is 14.4 Å². The van der Waals surface area contributed by atoms with Crippen LogP contribution in [0.2, 0.25) is 0 Å². The molecule has 5 nitrogen and oxygen atoms in total. The number of rotatable bonds is 4. The zero-order valence-electron chi connectivity index (χ0n) is 17.5. The zero-order chi connectivity index (χ0) is 21.7. The van der Waals surface area contributed by atoms with Crippen molar-refractivity contribution in [1.29, 1.82) is 0 Å². The lowest BCUT2D eigenvalue weighted by Crippen LogP contribution is -2.18. The van der Waals surface area contributed by atoms with Crippen molar-refractivity contribution >= 4 is 41.1 Å². The third kappa shape index (κ3) is 5.77. The molecule has 0 radical (unpaired) electrons. The van der Waals surface area contributed by atoms with Crippen LogP contribution < -0.4 is 10.6 Å². The quantitative estimate of drug-likeness (QED) is 0.701. The summed E-state index contributed by atoms with van der Waals surface area (Å²) >= 11 is 0. The Morgan fingerprint density at radius 2 is 1.13 bits per heavy atom. The number of carbonyl (C=O) groups is 3. The number of benzene rings is 2. The number of amides is 2. The highest BCUT2D eigenvalue weighted by molar-refractivity contribution is 6.14. The molecular weight excluding hydrogens is 376 g/mol. The molecule has 154 valence electrons. The van der Waals surface area contributed by atoms with Crippen LogP contribution in [0.3, 0.4) is 0 Å². The summed E-state index contributed by atoms with van der Waals surface area (Å²) in [5.74, 6) is 0.219. The van der Waals surface area contributed by atoms with Crippen LogP contribution in [0.15, 0.2) is 59.7 Å². The van der Waals surface area contributed by atoms with Gasteiger partial charge in [0.15, 0.2) is 5.78 Å². The molecule has 2 aromatic carbocycles. The molecular formula is C25H26N2O3. The van der Waals surface area contributed by atoms with E-state index in [0.29, 0.717) is 5.92 Å². The van der Waals surface area contributed by atoms with Crippen molar-refractivity contribution in [2.45, 2.75) is 33.6 Å². The number of carbonyl (C=O) groups excluding carboxylic acids is 3. The summed E-state index contributed by atoms with van der Waals surface area (Å²) < 4.78 is 0. The van der Waals surface area contributed by atoms with Crippen LogP contribution in [0, 0.1) is 5.92 Å². The van der Waals surface area contributed by atoms with Crippen LogP contribution in [-0.2, 0) is 14.4 Å². The first-order valence-corrected chi connectivity index (χ1v) is 10.0. The van der Waals surface area contributed by atoms with E-state index in [4.69, 9.17) is 0 Å². The zero-order valence-corrected chi connectivity index (χ0v) is 17.5. The van der Waals surface area contributed by atoms with Crippen molar-refractivity contribution in [1.82, 2.24) is 0 Å². The fourth-order valence-electron chi connectivity index (χ4n) is 3.60. The smallest absolute Gasteiger partial charge is 0.221 e. The SMILES string of the molecule is CC(=O)Nc1ccc(/C=C2\CC(C)C/C(=C\c3ccc(NC(C)=O)cc3)C2=O)cc1. The fourth-order valence-corrected chi connectivity index (χ4v) is 3.60. The van der Waals surface area contributed by atoms with Gasteiger partial charge in [-0.25, -0.2) is 0 Å². The lowest BCUT2D eigenvalue weighted by atomic mass is 9.81. The van der Waals surface area contributed by atoms with E-state index in [1.54, 1.807) is 0 Å². The highest BCUT2D eigenvalue weighted by Gasteiger charge is 2.25. The number of ketones is 1. The second kappa shape index (κ2) is 9.35. The highest BCUT2D eigenvalue weighted by atomic mass is 16.2. The molecule has 0 spiro atoms. The van der Waals surface area contributed by atoms with Gasteiger partial charge < -0.3 is 10.6 Å². The van der Waals surface area contributed by atoms with Crippen molar-refractivity contribution in [3.63, 3.8) is 0 Å². The van der Waals surface area contributed by atoms with E-state index in [0.717, 1.165) is 46.5 Å². The van der Waals surface area contributed by atoms with Gasteiger partial charge in [0.1, 0.15) is 0 Å². The summed E-state index contributed by atoms with van der Waals surface area (Å²) in [6, 6.07) is 14.9. The minimum absolute atomic E-state index is 0.0741. The van der Waals surface area contributed by atoms with Crippen LogP contribution >= 0.6 is 0 Å². The van der Waals surface area contributed by atoms with Gasteiger partial charge in [-0.15, -0.1) is 0 Å². The van der Waals surface area contributed by atoms with Gasteiger partial charge in [0.05, 0.1) is 0 Å². The van der Waals surface area contributed by atoms with Crippen molar-refractivity contribution in [3.05, 3.63) is 70.8 Å². The molecule has 0 aliphatic heterocycles. The Kier molecular flexibility index (Phi) is 6.62. The number of Topliss-reactive ketones (excluding diaryl/α,β-unsaturated/α-hetero) is 1. The predicted octanol–water partition coefficient (Wildman–Crippen LogP) is 5.07. The van der Waals surface area contributed by atoms with E-state index in [2.05, 4.69) is 17.6 Å². The van der Waals surface area contributed by atoms with E-state index in [1.165, 1.54) is 13.8 Å². The second-order valence-corrected chi connectivity index (χ2v) is 7.79. The molecule has 2 amide bonds. The average Bonchev–Trinajstić information content (AvgIpc) is 2.67. The molecule has 0 heterocycles. The van der Waals surface area contributed by atoms with E-state index in [-0.39, 0.29) is 17.6 Å². The maximum Gasteiger partial charge on any atom is 0.221 e. The predicted molar refractivity (Wildman–Crippen MR) is 121 cm³/mol. The van der Waals surface area contributed by atoms with Gasteiger partial charge in [0, 0.05) is 36.4 Å².